The number of benzene rings is 10. The number of hydrogen-bond donors (Lipinski definition) is 0. The van der Waals surface area contributed by atoms with Crippen LogP contribution in [-0.2, 0) is 0 Å². The van der Waals surface area contributed by atoms with Gasteiger partial charge in [-0.25, -0.2) is 0 Å². The quantitative estimate of drug-likeness (QED) is 0.150. The Hall–Kier alpha value is -7.22. The van der Waals surface area contributed by atoms with Gasteiger partial charge in [0.15, 0.2) is 0 Å². The van der Waals surface area contributed by atoms with Gasteiger partial charge in [0.05, 0.1) is 0 Å². The van der Waals surface area contributed by atoms with Crippen molar-refractivity contribution in [3.05, 3.63) is 224 Å². The van der Waals surface area contributed by atoms with Crippen LogP contribution in [0.4, 0.5) is 17.1 Å². The Morgan fingerprint density at radius 2 is 0.655 bits per heavy atom. The summed E-state index contributed by atoms with van der Waals surface area (Å²) in [4.78, 5) is 2.34. The fourth-order valence-electron chi connectivity index (χ4n) is 8.42. The maximum Gasteiger partial charge on any atom is 0.0467 e. The smallest absolute Gasteiger partial charge is 0.0467 e. The van der Waals surface area contributed by atoms with Crippen molar-refractivity contribution in [2.75, 3.05) is 4.90 Å². The standard InChI is InChI=1S/C54H37N/c1-4-19-39(20-5-1)52-46-29-11-10-18-38(46)34-35-47(52)40-21-16-22-41(36-40)53-48-30-12-14-32-50(48)54(51-33-15-13-31-49(51)53)42-23-17-28-45(37-42)55(43-24-6-2-7-25-43)44-26-8-3-9-27-44/h1-37H. The van der Waals surface area contributed by atoms with Gasteiger partial charge in [-0.15, -0.1) is 0 Å². The van der Waals surface area contributed by atoms with Crippen LogP contribution < -0.4 is 4.90 Å². The summed E-state index contributed by atoms with van der Waals surface area (Å²) in [5.74, 6) is 0. The number of nitrogens with zero attached hydrogens (tertiary/aromatic N) is 1. The zero-order valence-electron chi connectivity index (χ0n) is 30.3. The Labute approximate surface area is 322 Å². The van der Waals surface area contributed by atoms with E-state index < -0.39 is 0 Å². The molecule has 0 aliphatic carbocycles. The summed E-state index contributed by atoms with van der Waals surface area (Å²) in [5.41, 5.74) is 13.2. The summed E-state index contributed by atoms with van der Waals surface area (Å²) in [6, 6.07) is 81.4. The first-order valence-corrected chi connectivity index (χ1v) is 18.9. The maximum atomic E-state index is 2.39. The molecule has 0 aliphatic rings. The van der Waals surface area contributed by atoms with Crippen molar-refractivity contribution in [3.8, 4) is 44.5 Å². The molecule has 0 unspecified atom stereocenters. The van der Waals surface area contributed by atoms with Crippen LogP contribution in [0, 0.1) is 0 Å². The molecular weight excluding hydrogens is 663 g/mol. The molecule has 0 bridgehead atoms. The summed E-state index contributed by atoms with van der Waals surface area (Å²) < 4.78 is 0. The van der Waals surface area contributed by atoms with E-state index in [1.54, 1.807) is 0 Å². The Balaban J connectivity index is 1.18. The van der Waals surface area contributed by atoms with Crippen LogP contribution >= 0.6 is 0 Å². The molecule has 0 amide bonds. The Morgan fingerprint density at radius 1 is 0.236 bits per heavy atom. The van der Waals surface area contributed by atoms with Crippen molar-refractivity contribution in [2.24, 2.45) is 0 Å². The second-order valence-electron chi connectivity index (χ2n) is 14.1. The van der Waals surface area contributed by atoms with Gasteiger partial charge in [0.1, 0.15) is 0 Å². The summed E-state index contributed by atoms with van der Waals surface area (Å²) >= 11 is 0. The van der Waals surface area contributed by atoms with Crippen molar-refractivity contribution < 1.29 is 0 Å². The Kier molecular flexibility index (Phi) is 8.24. The van der Waals surface area contributed by atoms with Gasteiger partial charge in [-0.05, 0) is 119 Å². The maximum absolute atomic E-state index is 2.39. The summed E-state index contributed by atoms with van der Waals surface area (Å²) in [6.07, 6.45) is 0. The molecule has 0 aliphatic heterocycles. The highest BCUT2D eigenvalue weighted by atomic mass is 15.1. The molecule has 0 radical (unpaired) electrons. The zero-order valence-corrected chi connectivity index (χ0v) is 30.3. The topological polar surface area (TPSA) is 3.24 Å². The van der Waals surface area contributed by atoms with Gasteiger partial charge in [-0.2, -0.15) is 0 Å². The molecule has 1 heteroatoms. The lowest BCUT2D eigenvalue weighted by Gasteiger charge is -2.26. The van der Waals surface area contributed by atoms with E-state index in [0.29, 0.717) is 0 Å². The van der Waals surface area contributed by atoms with Gasteiger partial charge in [-0.3, -0.25) is 0 Å². The highest BCUT2D eigenvalue weighted by Gasteiger charge is 2.20. The molecule has 0 heterocycles. The van der Waals surface area contributed by atoms with Crippen LogP contribution in [0.3, 0.4) is 0 Å². The molecule has 55 heavy (non-hydrogen) atoms. The number of fused-ring (bicyclic) bond motifs is 3. The second kappa shape index (κ2) is 14.0. The van der Waals surface area contributed by atoms with Crippen molar-refractivity contribution in [3.63, 3.8) is 0 Å². The SMILES string of the molecule is c1ccc(-c2c(-c3cccc(-c4c5ccccc5c(-c5cccc(N(c6ccccc6)c6ccccc6)c5)c5ccccc45)c3)ccc3ccccc23)cc1. The van der Waals surface area contributed by atoms with E-state index in [0.717, 1.165) is 17.1 Å². The number of rotatable bonds is 7. The van der Waals surface area contributed by atoms with Gasteiger partial charge < -0.3 is 4.90 Å². The predicted octanol–water partition coefficient (Wildman–Crippen LogP) is 15.3. The van der Waals surface area contributed by atoms with E-state index in [9.17, 15) is 0 Å². The molecule has 258 valence electrons. The van der Waals surface area contributed by atoms with E-state index in [1.807, 2.05) is 0 Å². The lowest BCUT2D eigenvalue weighted by Crippen LogP contribution is -2.09. The van der Waals surface area contributed by atoms with Crippen LogP contribution in [0.5, 0.6) is 0 Å². The minimum Gasteiger partial charge on any atom is -0.310 e. The van der Waals surface area contributed by atoms with Crippen molar-refractivity contribution in [1.29, 1.82) is 0 Å². The van der Waals surface area contributed by atoms with Gasteiger partial charge >= 0.3 is 0 Å². The van der Waals surface area contributed by atoms with Crippen molar-refractivity contribution in [1.82, 2.24) is 0 Å². The number of hydrogen-bond acceptors (Lipinski definition) is 1. The third-order valence-electron chi connectivity index (χ3n) is 10.8. The molecule has 0 aromatic heterocycles. The van der Waals surface area contributed by atoms with E-state index in [4.69, 9.17) is 0 Å². The minimum absolute atomic E-state index is 1.12. The molecule has 0 saturated carbocycles. The first-order chi connectivity index (χ1) is 27.3. The van der Waals surface area contributed by atoms with E-state index in [-0.39, 0.29) is 0 Å². The Morgan fingerprint density at radius 3 is 1.24 bits per heavy atom. The lowest BCUT2D eigenvalue weighted by molar-refractivity contribution is 1.28. The summed E-state index contributed by atoms with van der Waals surface area (Å²) in [6.45, 7) is 0. The average molecular weight is 700 g/mol. The summed E-state index contributed by atoms with van der Waals surface area (Å²) in [5, 5.41) is 7.46. The van der Waals surface area contributed by atoms with Crippen molar-refractivity contribution in [2.45, 2.75) is 0 Å². The fraction of sp³-hybridized carbons (Fsp3) is 0. The molecule has 10 aromatic carbocycles. The minimum atomic E-state index is 1.12. The van der Waals surface area contributed by atoms with Gasteiger partial charge in [0, 0.05) is 17.1 Å². The van der Waals surface area contributed by atoms with Crippen LogP contribution in [0.1, 0.15) is 0 Å². The number of para-hydroxylation sites is 2. The van der Waals surface area contributed by atoms with Crippen LogP contribution in [-0.4, -0.2) is 0 Å². The van der Waals surface area contributed by atoms with Crippen LogP contribution in [0.25, 0.3) is 76.8 Å². The molecule has 10 rings (SSSR count). The normalized spacial score (nSPS) is 11.3. The second-order valence-corrected chi connectivity index (χ2v) is 14.1. The molecule has 0 fully saturated rings. The third-order valence-corrected chi connectivity index (χ3v) is 10.8. The third kappa shape index (κ3) is 5.84. The highest BCUT2D eigenvalue weighted by molar-refractivity contribution is 6.21. The van der Waals surface area contributed by atoms with Crippen LogP contribution in [0.2, 0.25) is 0 Å². The Bertz CT molecular complexity index is 2870. The van der Waals surface area contributed by atoms with Gasteiger partial charge in [0.2, 0.25) is 0 Å². The molecule has 1 nitrogen and oxygen atoms in total. The van der Waals surface area contributed by atoms with E-state index in [1.165, 1.54) is 76.8 Å². The predicted molar refractivity (Wildman–Crippen MR) is 235 cm³/mol. The largest absolute Gasteiger partial charge is 0.310 e. The molecular formula is C54H37N. The fourth-order valence-corrected chi connectivity index (χ4v) is 8.42. The molecule has 10 aromatic rings. The van der Waals surface area contributed by atoms with Crippen molar-refractivity contribution >= 4 is 49.4 Å². The van der Waals surface area contributed by atoms with Gasteiger partial charge in [-0.1, -0.05) is 182 Å². The average Bonchev–Trinajstić information content (AvgIpc) is 3.26. The lowest BCUT2D eigenvalue weighted by atomic mass is 9.84. The zero-order chi connectivity index (χ0) is 36.6. The van der Waals surface area contributed by atoms with E-state index >= 15 is 0 Å². The summed E-state index contributed by atoms with van der Waals surface area (Å²) in [7, 11) is 0. The van der Waals surface area contributed by atoms with Crippen LogP contribution in [0.15, 0.2) is 224 Å². The first kappa shape index (κ1) is 32.4. The molecule has 0 atom stereocenters. The highest BCUT2D eigenvalue weighted by Crippen LogP contribution is 2.46. The molecule has 0 N–H and O–H groups in total. The van der Waals surface area contributed by atoms with E-state index in [2.05, 4.69) is 229 Å². The van der Waals surface area contributed by atoms with Gasteiger partial charge in [0.25, 0.3) is 0 Å². The first-order valence-electron chi connectivity index (χ1n) is 18.9. The monoisotopic (exact) mass is 699 g/mol. The number of anilines is 3. The molecule has 0 saturated heterocycles. The molecule has 0 spiro atoms.